The number of aryl methyl sites for hydroxylation is 1. The molecule has 0 aliphatic carbocycles. The van der Waals surface area contributed by atoms with Crippen LogP contribution < -0.4 is 5.32 Å². The Kier molecular flexibility index (Phi) is 4.87. The molecule has 0 amide bonds. The van der Waals surface area contributed by atoms with E-state index < -0.39 is 0 Å². The lowest BCUT2D eigenvalue weighted by Gasteiger charge is -2.34. The lowest BCUT2D eigenvalue weighted by molar-refractivity contribution is -0.150. The van der Waals surface area contributed by atoms with Crippen LogP contribution in [0.25, 0.3) is 0 Å². The molecular weight excluding hydrogens is 242 g/mol. The van der Waals surface area contributed by atoms with E-state index in [1.54, 1.807) is 6.20 Å². The van der Waals surface area contributed by atoms with Crippen molar-refractivity contribution in [1.82, 2.24) is 15.2 Å². The van der Waals surface area contributed by atoms with Crippen LogP contribution in [-0.2, 0) is 16.1 Å². The van der Waals surface area contributed by atoms with Crippen molar-refractivity contribution >= 4 is 5.97 Å². The fourth-order valence-corrected chi connectivity index (χ4v) is 2.29. The molecule has 1 aliphatic heterocycles. The number of carbonyl (C=O) groups excluding carboxylic acids is 1. The van der Waals surface area contributed by atoms with Crippen molar-refractivity contribution in [1.29, 1.82) is 0 Å². The molecule has 1 saturated heterocycles. The van der Waals surface area contributed by atoms with Crippen LogP contribution in [0.3, 0.4) is 0 Å². The maximum absolute atomic E-state index is 12.0. The van der Waals surface area contributed by atoms with Crippen molar-refractivity contribution in [3.63, 3.8) is 0 Å². The van der Waals surface area contributed by atoms with Gasteiger partial charge >= 0.3 is 5.97 Å². The molecule has 1 N–H and O–H groups in total. The molecule has 1 aromatic heterocycles. The largest absolute Gasteiger partial charge is 0.465 e. The standard InChI is InChI=1S/C14H21N3O2/c1-3-19-14(18)13-9-16-6-7-17(13)10-12-8-15-5-4-11(12)2/h4-5,8,13,16H,3,6-7,9-10H2,1-2H3. The first-order valence-electron chi connectivity index (χ1n) is 6.73. The number of pyridine rings is 1. The average Bonchev–Trinajstić information content (AvgIpc) is 2.42. The van der Waals surface area contributed by atoms with Gasteiger partial charge in [0.05, 0.1) is 6.61 Å². The lowest BCUT2D eigenvalue weighted by Crippen LogP contribution is -2.54. The minimum atomic E-state index is -0.201. The van der Waals surface area contributed by atoms with E-state index in [4.69, 9.17) is 4.74 Å². The van der Waals surface area contributed by atoms with Crippen LogP contribution >= 0.6 is 0 Å². The smallest absolute Gasteiger partial charge is 0.324 e. The predicted molar refractivity (Wildman–Crippen MR) is 72.7 cm³/mol. The first-order valence-corrected chi connectivity index (χ1v) is 6.73. The number of aromatic nitrogens is 1. The second kappa shape index (κ2) is 6.63. The first-order chi connectivity index (χ1) is 9.22. The molecule has 0 saturated carbocycles. The number of nitrogens with zero attached hydrogens (tertiary/aromatic N) is 2. The Bertz CT molecular complexity index is 436. The van der Waals surface area contributed by atoms with E-state index in [0.717, 1.165) is 19.6 Å². The second-order valence-corrected chi connectivity index (χ2v) is 4.74. The van der Waals surface area contributed by atoms with Crippen LogP contribution in [0.1, 0.15) is 18.1 Å². The molecule has 104 valence electrons. The predicted octanol–water partition coefficient (Wildman–Crippen LogP) is 0.727. The zero-order chi connectivity index (χ0) is 13.7. The average molecular weight is 263 g/mol. The molecule has 2 rings (SSSR count). The van der Waals surface area contributed by atoms with E-state index in [1.807, 2.05) is 19.2 Å². The van der Waals surface area contributed by atoms with Crippen molar-refractivity contribution < 1.29 is 9.53 Å². The van der Waals surface area contributed by atoms with Crippen LogP contribution in [0.2, 0.25) is 0 Å². The van der Waals surface area contributed by atoms with Gasteiger partial charge in [0.1, 0.15) is 6.04 Å². The number of carbonyl (C=O) groups is 1. The van der Waals surface area contributed by atoms with Gasteiger partial charge in [-0.15, -0.1) is 0 Å². The highest BCUT2D eigenvalue weighted by Crippen LogP contribution is 2.13. The summed E-state index contributed by atoms with van der Waals surface area (Å²) in [7, 11) is 0. The summed E-state index contributed by atoms with van der Waals surface area (Å²) in [6.07, 6.45) is 3.67. The molecule has 1 fully saturated rings. The first kappa shape index (κ1) is 14.0. The Morgan fingerprint density at radius 2 is 2.47 bits per heavy atom. The molecule has 0 spiro atoms. The van der Waals surface area contributed by atoms with Gasteiger partial charge in [0.15, 0.2) is 0 Å². The van der Waals surface area contributed by atoms with E-state index in [-0.39, 0.29) is 12.0 Å². The van der Waals surface area contributed by atoms with Gasteiger partial charge < -0.3 is 10.1 Å². The maximum atomic E-state index is 12.0. The summed E-state index contributed by atoms with van der Waals surface area (Å²) in [6.45, 7) is 7.47. The Hall–Kier alpha value is -1.46. The van der Waals surface area contributed by atoms with Crippen LogP contribution in [0.5, 0.6) is 0 Å². The van der Waals surface area contributed by atoms with Gasteiger partial charge in [0.25, 0.3) is 0 Å². The van der Waals surface area contributed by atoms with Gasteiger partial charge in [0, 0.05) is 38.6 Å². The van der Waals surface area contributed by atoms with Gasteiger partial charge in [-0.1, -0.05) is 0 Å². The maximum Gasteiger partial charge on any atom is 0.324 e. The summed E-state index contributed by atoms with van der Waals surface area (Å²) in [4.78, 5) is 18.3. The van der Waals surface area contributed by atoms with Crippen LogP contribution in [0.15, 0.2) is 18.5 Å². The second-order valence-electron chi connectivity index (χ2n) is 4.74. The molecule has 0 aromatic carbocycles. The van der Waals surface area contributed by atoms with Crippen molar-refractivity contribution in [2.75, 3.05) is 26.2 Å². The Labute approximate surface area is 114 Å². The SMILES string of the molecule is CCOC(=O)C1CNCCN1Cc1cnccc1C. The molecule has 2 heterocycles. The monoisotopic (exact) mass is 263 g/mol. The third-order valence-corrected chi connectivity index (χ3v) is 3.43. The summed E-state index contributed by atoms with van der Waals surface area (Å²) < 4.78 is 5.14. The fourth-order valence-electron chi connectivity index (χ4n) is 2.29. The van der Waals surface area contributed by atoms with Gasteiger partial charge in [-0.3, -0.25) is 14.7 Å². The summed E-state index contributed by atoms with van der Waals surface area (Å²) in [5.41, 5.74) is 2.37. The van der Waals surface area contributed by atoms with Gasteiger partial charge in [-0.2, -0.15) is 0 Å². The van der Waals surface area contributed by atoms with Crippen molar-refractivity contribution in [3.8, 4) is 0 Å². The number of nitrogens with one attached hydrogen (secondary N) is 1. The minimum absolute atomic E-state index is 0.142. The van der Waals surface area contributed by atoms with Crippen molar-refractivity contribution in [2.24, 2.45) is 0 Å². The molecule has 1 atom stereocenters. The molecular formula is C14H21N3O2. The highest BCUT2D eigenvalue weighted by Gasteiger charge is 2.29. The lowest BCUT2D eigenvalue weighted by atomic mass is 10.1. The van der Waals surface area contributed by atoms with E-state index >= 15 is 0 Å². The number of piperazine rings is 1. The van der Waals surface area contributed by atoms with Crippen LogP contribution in [0, 0.1) is 6.92 Å². The molecule has 1 aliphatic rings. The van der Waals surface area contributed by atoms with E-state index in [0.29, 0.717) is 13.2 Å². The van der Waals surface area contributed by atoms with E-state index in [1.165, 1.54) is 11.1 Å². The number of hydrogen-bond donors (Lipinski definition) is 1. The normalized spacial score (nSPS) is 20.2. The molecule has 5 heteroatoms. The molecule has 0 bridgehead atoms. The summed E-state index contributed by atoms with van der Waals surface area (Å²) in [6, 6.07) is 1.80. The molecule has 0 radical (unpaired) electrons. The summed E-state index contributed by atoms with van der Waals surface area (Å²) >= 11 is 0. The van der Waals surface area contributed by atoms with Gasteiger partial charge in [-0.25, -0.2) is 0 Å². The number of ether oxygens (including phenoxy) is 1. The fraction of sp³-hybridized carbons (Fsp3) is 0.571. The molecule has 1 aromatic rings. The Balaban J connectivity index is 2.07. The number of hydrogen-bond acceptors (Lipinski definition) is 5. The number of rotatable bonds is 4. The molecule has 1 unspecified atom stereocenters. The van der Waals surface area contributed by atoms with E-state index in [9.17, 15) is 4.79 Å². The zero-order valence-electron chi connectivity index (χ0n) is 11.6. The quantitative estimate of drug-likeness (QED) is 0.812. The molecule has 19 heavy (non-hydrogen) atoms. The third kappa shape index (κ3) is 3.52. The third-order valence-electron chi connectivity index (χ3n) is 3.43. The number of esters is 1. The minimum Gasteiger partial charge on any atom is -0.465 e. The molecule has 5 nitrogen and oxygen atoms in total. The summed E-state index contributed by atoms with van der Waals surface area (Å²) in [5.74, 6) is -0.142. The topological polar surface area (TPSA) is 54.5 Å². The van der Waals surface area contributed by atoms with Crippen LogP contribution in [0.4, 0.5) is 0 Å². The van der Waals surface area contributed by atoms with Crippen molar-refractivity contribution in [2.45, 2.75) is 26.4 Å². The Morgan fingerprint density at radius 1 is 1.63 bits per heavy atom. The summed E-state index contributed by atoms with van der Waals surface area (Å²) in [5, 5.41) is 3.25. The Morgan fingerprint density at radius 3 is 3.21 bits per heavy atom. The van der Waals surface area contributed by atoms with Gasteiger partial charge in [0.2, 0.25) is 0 Å². The van der Waals surface area contributed by atoms with Gasteiger partial charge in [-0.05, 0) is 31.0 Å². The zero-order valence-corrected chi connectivity index (χ0v) is 11.6. The van der Waals surface area contributed by atoms with Crippen LogP contribution in [-0.4, -0.2) is 48.1 Å². The van der Waals surface area contributed by atoms with Crippen molar-refractivity contribution in [3.05, 3.63) is 29.6 Å². The highest BCUT2D eigenvalue weighted by molar-refractivity contribution is 5.76. The van der Waals surface area contributed by atoms with E-state index in [2.05, 4.69) is 22.1 Å². The highest BCUT2D eigenvalue weighted by atomic mass is 16.5.